The zero-order valence-electron chi connectivity index (χ0n) is 12.0. The van der Waals surface area contributed by atoms with Crippen molar-refractivity contribution < 1.29 is 18.9 Å². The van der Waals surface area contributed by atoms with Crippen LogP contribution in [0.4, 0.5) is 0 Å². The standard InChI is InChI=1S/C14H26O4/c1-5-6-7-8-10(15-4)11-9-12-13(16-11)18-14(2,3)17-12/h10-13H,5-9H2,1-4H3/t10-,11-,12-,13-/m1/s1. The number of rotatable bonds is 6. The van der Waals surface area contributed by atoms with Crippen LogP contribution in [-0.2, 0) is 18.9 Å². The van der Waals surface area contributed by atoms with Gasteiger partial charge < -0.3 is 18.9 Å². The van der Waals surface area contributed by atoms with Crippen LogP contribution >= 0.6 is 0 Å². The third-order valence-electron chi connectivity index (χ3n) is 3.72. The molecule has 2 saturated heterocycles. The zero-order chi connectivity index (χ0) is 13.2. The van der Waals surface area contributed by atoms with E-state index in [0.717, 1.165) is 12.8 Å². The van der Waals surface area contributed by atoms with E-state index in [4.69, 9.17) is 18.9 Å². The van der Waals surface area contributed by atoms with E-state index >= 15 is 0 Å². The van der Waals surface area contributed by atoms with Crippen molar-refractivity contribution in [2.24, 2.45) is 0 Å². The highest BCUT2D eigenvalue weighted by atomic mass is 16.8. The maximum absolute atomic E-state index is 5.93. The summed E-state index contributed by atoms with van der Waals surface area (Å²) in [6.07, 6.45) is 5.72. The molecule has 0 aromatic heterocycles. The number of ether oxygens (including phenoxy) is 4. The molecule has 0 spiro atoms. The molecular weight excluding hydrogens is 232 g/mol. The minimum absolute atomic E-state index is 0.0637. The highest BCUT2D eigenvalue weighted by Gasteiger charge is 2.50. The lowest BCUT2D eigenvalue weighted by atomic mass is 10.0. The second-order valence-electron chi connectivity index (χ2n) is 5.72. The second kappa shape index (κ2) is 5.87. The summed E-state index contributed by atoms with van der Waals surface area (Å²) in [5, 5.41) is 0. The second-order valence-corrected chi connectivity index (χ2v) is 5.72. The number of hydrogen-bond donors (Lipinski definition) is 0. The average molecular weight is 258 g/mol. The average Bonchev–Trinajstić information content (AvgIpc) is 2.77. The van der Waals surface area contributed by atoms with Gasteiger partial charge in [-0.05, 0) is 20.3 Å². The number of hydrogen-bond acceptors (Lipinski definition) is 4. The fourth-order valence-electron chi connectivity index (χ4n) is 2.83. The van der Waals surface area contributed by atoms with Gasteiger partial charge in [-0.25, -0.2) is 0 Å². The Morgan fingerprint density at radius 1 is 1.28 bits per heavy atom. The van der Waals surface area contributed by atoms with Gasteiger partial charge in [0.05, 0.1) is 12.2 Å². The first kappa shape index (κ1) is 14.3. The van der Waals surface area contributed by atoms with Crippen molar-refractivity contribution >= 4 is 0 Å². The van der Waals surface area contributed by atoms with Gasteiger partial charge in [-0.3, -0.25) is 0 Å². The first-order valence-corrected chi connectivity index (χ1v) is 7.09. The van der Waals surface area contributed by atoms with Crippen LogP contribution in [0.5, 0.6) is 0 Å². The topological polar surface area (TPSA) is 36.9 Å². The molecule has 0 aromatic rings. The molecule has 4 atom stereocenters. The van der Waals surface area contributed by atoms with Gasteiger partial charge in [0.1, 0.15) is 6.10 Å². The van der Waals surface area contributed by atoms with Gasteiger partial charge in [0.2, 0.25) is 0 Å². The summed E-state index contributed by atoms with van der Waals surface area (Å²) < 4.78 is 23.0. The van der Waals surface area contributed by atoms with Crippen molar-refractivity contribution in [2.75, 3.05) is 7.11 Å². The summed E-state index contributed by atoms with van der Waals surface area (Å²) in [7, 11) is 1.76. The van der Waals surface area contributed by atoms with Crippen molar-refractivity contribution in [1.82, 2.24) is 0 Å². The fraction of sp³-hybridized carbons (Fsp3) is 1.00. The van der Waals surface area contributed by atoms with Gasteiger partial charge in [-0.2, -0.15) is 0 Å². The first-order valence-electron chi connectivity index (χ1n) is 7.09. The Bertz CT molecular complexity index is 251. The van der Waals surface area contributed by atoms with E-state index < -0.39 is 5.79 Å². The van der Waals surface area contributed by atoms with Crippen LogP contribution < -0.4 is 0 Å². The van der Waals surface area contributed by atoms with Crippen LogP contribution in [0, 0.1) is 0 Å². The summed E-state index contributed by atoms with van der Waals surface area (Å²) >= 11 is 0. The predicted molar refractivity (Wildman–Crippen MR) is 68.3 cm³/mol. The Hall–Kier alpha value is -0.160. The number of fused-ring (bicyclic) bond motifs is 1. The molecule has 0 N–H and O–H groups in total. The first-order chi connectivity index (χ1) is 8.55. The van der Waals surface area contributed by atoms with Crippen LogP contribution in [0.15, 0.2) is 0 Å². The normalized spacial score (nSPS) is 35.7. The van der Waals surface area contributed by atoms with Gasteiger partial charge in [-0.15, -0.1) is 0 Å². The highest BCUT2D eigenvalue weighted by Crippen LogP contribution is 2.38. The molecule has 18 heavy (non-hydrogen) atoms. The molecule has 2 rings (SSSR count). The minimum Gasteiger partial charge on any atom is -0.379 e. The van der Waals surface area contributed by atoms with E-state index in [9.17, 15) is 0 Å². The van der Waals surface area contributed by atoms with Gasteiger partial charge in [0.25, 0.3) is 0 Å². The fourth-order valence-corrected chi connectivity index (χ4v) is 2.83. The molecule has 2 aliphatic heterocycles. The van der Waals surface area contributed by atoms with E-state index in [1.54, 1.807) is 7.11 Å². The number of unbranched alkanes of at least 4 members (excludes halogenated alkanes) is 2. The minimum atomic E-state index is -0.509. The van der Waals surface area contributed by atoms with E-state index in [-0.39, 0.29) is 24.6 Å². The van der Waals surface area contributed by atoms with E-state index in [2.05, 4.69) is 6.92 Å². The molecule has 106 valence electrons. The molecule has 2 heterocycles. The van der Waals surface area contributed by atoms with E-state index in [1.165, 1.54) is 19.3 Å². The van der Waals surface area contributed by atoms with Gasteiger partial charge in [0.15, 0.2) is 12.1 Å². The molecule has 2 fully saturated rings. The van der Waals surface area contributed by atoms with E-state index in [0.29, 0.717) is 0 Å². The molecule has 4 heteroatoms. The monoisotopic (exact) mass is 258 g/mol. The molecule has 0 aromatic carbocycles. The predicted octanol–water partition coefficient (Wildman–Crippen LogP) is 2.85. The van der Waals surface area contributed by atoms with Crippen LogP contribution in [0.2, 0.25) is 0 Å². The van der Waals surface area contributed by atoms with Crippen LogP contribution in [0.25, 0.3) is 0 Å². The Morgan fingerprint density at radius 2 is 2.06 bits per heavy atom. The third-order valence-corrected chi connectivity index (χ3v) is 3.72. The summed E-state index contributed by atoms with van der Waals surface area (Å²) in [5.41, 5.74) is 0. The summed E-state index contributed by atoms with van der Waals surface area (Å²) in [4.78, 5) is 0. The molecule has 0 unspecified atom stereocenters. The molecule has 0 aliphatic carbocycles. The van der Waals surface area contributed by atoms with Crippen molar-refractivity contribution in [1.29, 1.82) is 0 Å². The zero-order valence-corrected chi connectivity index (χ0v) is 12.0. The SMILES string of the molecule is CCCCC[C@@H](OC)[C@H]1C[C@H]2OC(C)(C)O[C@H]2O1. The van der Waals surface area contributed by atoms with Crippen molar-refractivity contribution in [3.63, 3.8) is 0 Å². The van der Waals surface area contributed by atoms with Gasteiger partial charge in [-0.1, -0.05) is 26.2 Å². The van der Waals surface area contributed by atoms with Crippen molar-refractivity contribution in [3.8, 4) is 0 Å². The van der Waals surface area contributed by atoms with Gasteiger partial charge >= 0.3 is 0 Å². The molecule has 0 bridgehead atoms. The van der Waals surface area contributed by atoms with Crippen molar-refractivity contribution in [2.45, 2.75) is 83.3 Å². The summed E-state index contributed by atoms with van der Waals surface area (Å²) in [6, 6.07) is 0. The van der Waals surface area contributed by atoms with Crippen molar-refractivity contribution in [3.05, 3.63) is 0 Å². The lowest BCUT2D eigenvalue weighted by Gasteiger charge is -2.25. The van der Waals surface area contributed by atoms with E-state index in [1.807, 2.05) is 13.8 Å². The molecule has 2 aliphatic rings. The summed E-state index contributed by atoms with van der Waals surface area (Å²) in [6.45, 7) is 6.07. The lowest BCUT2D eigenvalue weighted by molar-refractivity contribution is -0.215. The maximum Gasteiger partial charge on any atom is 0.187 e. The Kier molecular flexibility index (Phi) is 4.64. The molecule has 0 amide bonds. The number of methoxy groups -OCH3 is 1. The molecule has 0 saturated carbocycles. The smallest absolute Gasteiger partial charge is 0.187 e. The highest BCUT2D eigenvalue weighted by molar-refractivity contribution is 4.88. The lowest BCUT2D eigenvalue weighted by Crippen LogP contribution is -2.31. The Morgan fingerprint density at radius 3 is 2.67 bits per heavy atom. The molecule has 4 nitrogen and oxygen atoms in total. The van der Waals surface area contributed by atoms with Gasteiger partial charge in [0, 0.05) is 13.5 Å². The molecule has 0 radical (unpaired) electrons. The maximum atomic E-state index is 5.93. The largest absolute Gasteiger partial charge is 0.379 e. The Labute approximate surface area is 110 Å². The van der Waals surface area contributed by atoms with Crippen LogP contribution in [-0.4, -0.2) is 37.5 Å². The van der Waals surface area contributed by atoms with Crippen LogP contribution in [0.1, 0.15) is 52.9 Å². The van der Waals surface area contributed by atoms with Crippen LogP contribution in [0.3, 0.4) is 0 Å². The molecular formula is C14H26O4. The summed E-state index contributed by atoms with van der Waals surface area (Å²) in [5.74, 6) is -0.509. The third kappa shape index (κ3) is 3.23. The quantitative estimate of drug-likeness (QED) is 0.686. The Balaban J connectivity index is 1.81.